The van der Waals surface area contributed by atoms with E-state index in [1.54, 1.807) is 43.5 Å². The number of nitrogens with zero attached hydrogens (tertiary/aromatic N) is 2. The molecule has 1 saturated heterocycles. The van der Waals surface area contributed by atoms with E-state index >= 15 is 0 Å². The maximum absolute atomic E-state index is 12.9. The van der Waals surface area contributed by atoms with Crippen LogP contribution in [0.3, 0.4) is 0 Å². The van der Waals surface area contributed by atoms with E-state index in [2.05, 4.69) is 0 Å². The van der Waals surface area contributed by atoms with E-state index in [0.29, 0.717) is 22.0 Å². The molecule has 4 rings (SSSR count). The van der Waals surface area contributed by atoms with Crippen molar-refractivity contribution in [1.29, 1.82) is 0 Å². The van der Waals surface area contributed by atoms with E-state index in [1.165, 1.54) is 20.3 Å². The molecule has 0 aliphatic carbocycles. The van der Waals surface area contributed by atoms with Crippen LogP contribution < -0.4 is 9.47 Å². The quantitative estimate of drug-likeness (QED) is 0.186. The molecule has 1 aliphatic rings. The molecule has 0 saturated carbocycles. The third kappa shape index (κ3) is 4.95. The van der Waals surface area contributed by atoms with Crippen molar-refractivity contribution in [2.24, 2.45) is 0 Å². The number of rotatable bonds is 8. The predicted molar refractivity (Wildman–Crippen MR) is 129 cm³/mol. The van der Waals surface area contributed by atoms with Gasteiger partial charge in [0.25, 0.3) is 5.69 Å². The van der Waals surface area contributed by atoms with E-state index in [9.17, 15) is 14.9 Å². The lowest BCUT2D eigenvalue weighted by atomic mass is 10.0. The van der Waals surface area contributed by atoms with Crippen LogP contribution in [-0.4, -0.2) is 42.6 Å². The highest BCUT2D eigenvalue weighted by molar-refractivity contribution is 7.97. The minimum absolute atomic E-state index is 0.0497. The largest absolute Gasteiger partial charge is 0.497 e. The fourth-order valence-electron chi connectivity index (χ4n) is 3.96. The summed E-state index contributed by atoms with van der Waals surface area (Å²) < 4.78 is 24.1. The Morgan fingerprint density at radius 2 is 1.71 bits per heavy atom. The minimum Gasteiger partial charge on any atom is -0.497 e. The van der Waals surface area contributed by atoms with Crippen LogP contribution in [0.2, 0.25) is 0 Å². The second kappa shape index (κ2) is 10.8. The molecule has 182 valence electrons. The number of benzene rings is 3. The minimum atomic E-state index is -0.991. The Hall–Kier alpha value is -3.60. The maximum Gasteiger partial charge on any atom is 0.337 e. The lowest BCUT2D eigenvalue weighted by molar-refractivity contribution is -0.387. The van der Waals surface area contributed by atoms with Gasteiger partial charge in [0.2, 0.25) is 0 Å². The Bertz CT molecular complexity index is 1210. The number of ether oxygens (including phenoxy) is 4. The summed E-state index contributed by atoms with van der Waals surface area (Å²) in [5, 5.41) is 11.7. The highest BCUT2D eigenvalue weighted by Crippen LogP contribution is 2.52. The zero-order valence-electron chi connectivity index (χ0n) is 19.3. The summed E-state index contributed by atoms with van der Waals surface area (Å²) in [4.78, 5) is 24.6. The fourth-order valence-corrected chi connectivity index (χ4v) is 5.17. The highest BCUT2D eigenvalue weighted by atomic mass is 32.2. The van der Waals surface area contributed by atoms with Crippen molar-refractivity contribution in [1.82, 2.24) is 4.31 Å². The second-order valence-corrected chi connectivity index (χ2v) is 8.62. The summed E-state index contributed by atoms with van der Waals surface area (Å²) in [5.74, 6) is 0.521. The predicted octanol–water partition coefficient (Wildman–Crippen LogP) is 4.93. The van der Waals surface area contributed by atoms with Gasteiger partial charge >= 0.3 is 5.97 Å². The van der Waals surface area contributed by atoms with Crippen LogP contribution in [-0.2, 0) is 14.3 Å². The Morgan fingerprint density at radius 3 is 2.37 bits per heavy atom. The van der Waals surface area contributed by atoms with Gasteiger partial charge in [0, 0.05) is 17.7 Å². The van der Waals surface area contributed by atoms with Crippen LogP contribution in [0.1, 0.15) is 23.4 Å². The van der Waals surface area contributed by atoms with Crippen LogP contribution in [0.25, 0.3) is 0 Å². The van der Waals surface area contributed by atoms with Crippen LogP contribution in [0.15, 0.2) is 77.7 Å². The summed E-state index contributed by atoms with van der Waals surface area (Å²) >= 11 is 1.14. The molecule has 35 heavy (non-hydrogen) atoms. The number of methoxy groups -OCH3 is 3. The van der Waals surface area contributed by atoms with E-state index < -0.39 is 29.3 Å². The van der Waals surface area contributed by atoms with E-state index in [0.717, 1.165) is 17.5 Å². The molecule has 1 fully saturated rings. The Labute approximate surface area is 206 Å². The smallest absolute Gasteiger partial charge is 0.337 e. The van der Waals surface area contributed by atoms with Crippen LogP contribution in [0.4, 0.5) is 5.69 Å². The third-order valence-electron chi connectivity index (χ3n) is 5.61. The van der Waals surface area contributed by atoms with Crippen LogP contribution in [0.5, 0.6) is 11.5 Å². The number of nitro groups is 1. The normalized spacial score (nSPS) is 19.8. The molecule has 3 atom stereocenters. The van der Waals surface area contributed by atoms with Gasteiger partial charge in [-0.2, -0.15) is 0 Å². The molecule has 1 heterocycles. The fraction of sp³-hybridized carbons (Fsp3) is 0.240. The zero-order chi connectivity index (χ0) is 24.9. The third-order valence-corrected chi connectivity index (χ3v) is 6.79. The van der Waals surface area contributed by atoms with Gasteiger partial charge in [0.15, 0.2) is 12.3 Å². The molecule has 0 N–H and O–H groups in total. The Kier molecular flexibility index (Phi) is 7.54. The molecular formula is C25H24N2O7S. The van der Waals surface area contributed by atoms with Crippen molar-refractivity contribution < 1.29 is 28.7 Å². The zero-order valence-corrected chi connectivity index (χ0v) is 20.1. The average molecular weight is 497 g/mol. The first kappa shape index (κ1) is 24.5. The molecule has 1 aliphatic heterocycles. The van der Waals surface area contributed by atoms with Gasteiger partial charge in [0.05, 0.1) is 32.3 Å². The number of esters is 1. The number of nitro benzene ring substituents is 1. The van der Waals surface area contributed by atoms with Crippen molar-refractivity contribution in [2.75, 3.05) is 21.3 Å². The van der Waals surface area contributed by atoms with Crippen molar-refractivity contribution in [3.63, 3.8) is 0 Å². The lowest BCUT2D eigenvalue weighted by Crippen LogP contribution is -2.30. The molecular weight excluding hydrogens is 472 g/mol. The topological polar surface area (TPSA) is 100 Å². The van der Waals surface area contributed by atoms with Gasteiger partial charge in [-0.3, -0.25) is 10.1 Å². The van der Waals surface area contributed by atoms with E-state index in [1.807, 2.05) is 34.6 Å². The summed E-state index contributed by atoms with van der Waals surface area (Å²) in [7, 11) is 4.38. The van der Waals surface area contributed by atoms with Crippen LogP contribution >= 0.6 is 11.9 Å². The molecule has 10 heteroatoms. The molecule has 9 nitrogen and oxygen atoms in total. The number of carbonyl (C=O) groups excluding carboxylic acids is 1. The Morgan fingerprint density at radius 1 is 1.00 bits per heavy atom. The van der Waals surface area contributed by atoms with Gasteiger partial charge in [-0.1, -0.05) is 42.5 Å². The highest BCUT2D eigenvalue weighted by Gasteiger charge is 2.50. The van der Waals surface area contributed by atoms with Gasteiger partial charge in [-0.15, -0.1) is 0 Å². The first-order chi connectivity index (χ1) is 17.0. The monoisotopic (exact) mass is 496 g/mol. The van der Waals surface area contributed by atoms with Crippen molar-refractivity contribution in [2.45, 2.75) is 23.3 Å². The number of hydrogen-bond donors (Lipinski definition) is 0. The van der Waals surface area contributed by atoms with Gasteiger partial charge in [-0.05, 0) is 35.7 Å². The van der Waals surface area contributed by atoms with E-state index in [-0.39, 0.29) is 5.69 Å². The van der Waals surface area contributed by atoms with Crippen molar-refractivity contribution in [3.8, 4) is 11.5 Å². The van der Waals surface area contributed by atoms with Gasteiger partial charge in [-0.25, -0.2) is 9.10 Å². The molecule has 0 aromatic heterocycles. The molecule has 0 bridgehead atoms. The van der Waals surface area contributed by atoms with Gasteiger partial charge in [0.1, 0.15) is 16.4 Å². The molecule has 0 spiro atoms. The summed E-state index contributed by atoms with van der Waals surface area (Å²) in [6.07, 6.45) is -1.79. The average Bonchev–Trinajstić information content (AvgIpc) is 3.27. The number of hydrogen-bond acceptors (Lipinski definition) is 9. The van der Waals surface area contributed by atoms with Gasteiger partial charge < -0.3 is 18.9 Å². The number of carbonyl (C=O) groups is 1. The summed E-state index contributed by atoms with van der Waals surface area (Å²) in [5.41, 5.74) is 1.38. The van der Waals surface area contributed by atoms with Crippen molar-refractivity contribution >= 4 is 23.6 Å². The molecule has 2 unspecified atom stereocenters. The van der Waals surface area contributed by atoms with Crippen LogP contribution in [0, 0.1) is 10.1 Å². The first-order valence-corrected chi connectivity index (χ1v) is 11.5. The lowest BCUT2D eigenvalue weighted by Gasteiger charge is -2.28. The second-order valence-electron chi connectivity index (χ2n) is 7.57. The molecule has 3 aromatic rings. The van der Waals surface area contributed by atoms with E-state index in [4.69, 9.17) is 18.9 Å². The molecule has 3 aromatic carbocycles. The summed E-state index contributed by atoms with van der Waals surface area (Å²) in [6.45, 7) is 0. The Balaban J connectivity index is 1.87. The molecule has 0 radical (unpaired) electrons. The first-order valence-electron chi connectivity index (χ1n) is 10.7. The standard InChI is InChI=1S/C25H24N2O7S/c1-31-17-13-14-18(20(15-17)32-2)24-26(35-21-12-8-7-11-19(21)27(29)30)22(16-9-5-4-6-10-16)23(34-24)25(28)33-3/h4-15,22-24H,1-3H3/t22-,23?,24?/m0/s1. The SMILES string of the molecule is COC(=O)C1OC(c2ccc(OC)cc2OC)N(Sc2ccccc2[N+](=O)[O-])[C@H]1c1ccccc1. The molecule has 0 amide bonds. The number of para-hydroxylation sites is 1. The van der Waals surface area contributed by atoms with Crippen molar-refractivity contribution in [3.05, 3.63) is 94.0 Å². The maximum atomic E-state index is 12.9. The summed E-state index contributed by atoms with van der Waals surface area (Å²) in [6, 6.07) is 20.5.